The molecule has 7 heteroatoms. The first-order chi connectivity index (χ1) is 13.9. The van der Waals surface area contributed by atoms with E-state index in [-0.39, 0.29) is 11.6 Å². The van der Waals surface area contributed by atoms with Crippen molar-refractivity contribution in [3.63, 3.8) is 0 Å². The number of benzene rings is 2. The number of aryl methyl sites for hydroxylation is 3. The molecule has 0 radical (unpaired) electrons. The molecular weight excluding hydrogens is 368 g/mol. The Bertz CT molecular complexity index is 1030. The second kappa shape index (κ2) is 8.60. The Kier molecular flexibility index (Phi) is 5.97. The van der Waals surface area contributed by atoms with Crippen LogP contribution < -0.4 is 20.1 Å². The van der Waals surface area contributed by atoms with Gasteiger partial charge in [-0.3, -0.25) is 4.79 Å². The molecule has 0 unspecified atom stereocenters. The van der Waals surface area contributed by atoms with Gasteiger partial charge in [0.1, 0.15) is 5.69 Å². The van der Waals surface area contributed by atoms with Crippen LogP contribution >= 0.6 is 0 Å². The predicted molar refractivity (Wildman–Crippen MR) is 113 cm³/mol. The molecule has 29 heavy (non-hydrogen) atoms. The third-order valence-corrected chi connectivity index (χ3v) is 4.45. The summed E-state index contributed by atoms with van der Waals surface area (Å²) in [6.07, 6.45) is 0. The SMILES string of the molecule is COc1ccc(Nc2nc(C)cc(C(=O)Nc3c(C)cccc3C)n2)cc1OC. The van der Waals surface area contributed by atoms with E-state index < -0.39 is 0 Å². The van der Waals surface area contributed by atoms with Crippen LogP contribution in [0.1, 0.15) is 27.3 Å². The second-order valence-electron chi connectivity index (χ2n) is 6.63. The van der Waals surface area contributed by atoms with Gasteiger partial charge in [0, 0.05) is 23.1 Å². The highest BCUT2D eigenvalue weighted by atomic mass is 16.5. The molecule has 0 atom stereocenters. The van der Waals surface area contributed by atoms with E-state index >= 15 is 0 Å². The van der Waals surface area contributed by atoms with Crippen LogP contribution in [0.2, 0.25) is 0 Å². The van der Waals surface area contributed by atoms with Crippen LogP contribution in [-0.2, 0) is 0 Å². The van der Waals surface area contributed by atoms with Gasteiger partial charge in [0.05, 0.1) is 14.2 Å². The van der Waals surface area contributed by atoms with Crippen molar-refractivity contribution in [2.24, 2.45) is 0 Å². The van der Waals surface area contributed by atoms with Gasteiger partial charge in [-0.2, -0.15) is 0 Å². The number of para-hydroxylation sites is 1. The molecule has 2 aromatic carbocycles. The minimum Gasteiger partial charge on any atom is -0.493 e. The molecule has 0 aliphatic heterocycles. The lowest BCUT2D eigenvalue weighted by atomic mass is 10.1. The molecule has 7 nitrogen and oxygen atoms in total. The summed E-state index contributed by atoms with van der Waals surface area (Å²) in [6, 6.07) is 12.9. The summed E-state index contributed by atoms with van der Waals surface area (Å²) in [7, 11) is 3.15. The zero-order chi connectivity index (χ0) is 21.0. The van der Waals surface area contributed by atoms with Crippen LogP contribution in [0, 0.1) is 20.8 Å². The van der Waals surface area contributed by atoms with Crippen LogP contribution in [0.15, 0.2) is 42.5 Å². The van der Waals surface area contributed by atoms with Crippen molar-refractivity contribution in [3.8, 4) is 11.5 Å². The maximum Gasteiger partial charge on any atom is 0.274 e. The molecule has 1 heterocycles. The van der Waals surface area contributed by atoms with Gasteiger partial charge in [-0.1, -0.05) is 18.2 Å². The third kappa shape index (κ3) is 4.63. The third-order valence-electron chi connectivity index (χ3n) is 4.45. The van der Waals surface area contributed by atoms with E-state index in [2.05, 4.69) is 20.6 Å². The van der Waals surface area contributed by atoms with Crippen LogP contribution in [0.25, 0.3) is 0 Å². The number of carbonyl (C=O) groups excluding carboxylic acids is 1. The van der Waals surface area contributed by atoms with E-state index in [0.717, 1.165) is 16.8 Å². The lowest BCUT2D eigenvalue weighted by Gasteiger charge is -2.13. The van der Waals surface area contributed by atoms with Gasteiger partial charge in [-0.15, -0.1) is 0 Å². The van der Waals surface area contributed by atoms with Crippen molar-refractivity contribution in [3.05, 3.63) is 65.0 Å². The molecular formula is C22H24N4O3. The summed E-state index contributed by atoms with van der Waals surface area (Å²) < 4.78 is 10.6. The van der Waals surface area contributed by atoms with Gasteiger partial charge in [-0.25, -0.2) is 9.97 Å². The quantitative estimate of drug-likeness (QED) is 0.646. The Morgan fingerprint density at radius 1 is 0.897 bits per heavy atom. The number of hydrogen-bond acceptors (Lipinski definition) is 6. The fourth-order valence-corrected chi connectivity index (χ4v) is 2.97. The number of rotatable bonds is 6. The van der Waals surface area contributed by atoms with E-state index in [1.54, 1.807) is 32.4 Å². The molecule has 3 aromatic rings. The number of anilines is 3. The number of nitrogens with one attached hydrogen (secondary N) is 2. The molecule has 0 saturated heterocycles. The lowest BCUT2D eigenvalue weighted by molar-refractivity contribution is 0.102. The largest absolute Gasteiger partial charge is 0.493 e. The Morgan fingerprint density at radius 3 is 2.24 bits per heavy atom. The van der Waals surface area contributed by atoms with Crippen molar-refractivity contribution in [1.29, 1.82) is 0 Å². The monoisotopic (exact) mass is 392 g/mol. The highest BCUT2D eigenvalue weighted by molar-refractivity contribution is 6.04. The molecule has 0 saturated carbocycles. The minimum atomic E-state index is -0.289. The Balaban J connectivity index is 1.85. The Labute approximate surface area is 170 Å². The average Bonchev–Trinajstić information content (AvgIpc) is 2.70. The first-order valence-corrected chi connectivity index (χ1v) is 9.13. The zero-order valence-corrected chi connectivity index (χ0v) is 17.2. The van der Waals surface area contributed by atoms with Crippen molar-refractivity contribution in [1.82, 2.24) is 9.97 Å². The van der Waals surface area contributed by atoms with Crippen LogP contribution in [0.3, 0.4) is 0 Å². The van der Waals surface area contributed by atoms with Gasteiger partial charge in [0.15, 0.2) is 11.5 Å². The number of ether oxygens (including phenoxy) is 2. The number of hydrogen-bond donors (Lipinski definition) is 2. The van der Waals surface area contributed by atoms with Crippen molar-refractivity contribution >= 4 is 23.2 Å². The summed E-state index contributed by atoms with van der Waals surface area (Å²) in [5.74, 6) is 1.24. The second-order valence-corrected chi connectivity index (χ2v) is 6.63. The van der Waals surface area contributed by atoms with E-state index in [4.69, 9.17) is 9.47 Å². The van der Waals surface area contributed by atoms with E-state index in [9.17, 15) is 4.79 Å². The summed E-state index contributed by atoms with van der Waals surface area (Å²) in [5.41, 5.74) is 4.45. The molecule has 2 N–H and O–H groups in total. The van der Waals surface area contributed by atoms with Gasteiger partial charge in [0.2, 0.25) is 5.95 Å². The molecule has 150 valence electrons. The number of aromatic nitrogens is 2. The smallest absolute Gasteiger partial charge is 0.274 e. The molecule has 1 amide bonds. The fourth-order valence-electron chi connectivity index (χ4n) is 2.97. The van der Waals surface area contributed by atoms with Crippen LogP contribution in [0.5, 0.6) is 11.5 Å². The van der Waals surface area contributed by atoms with E-state index in [1.165, 1.54) is 0 Å². The summed E-state index contributed by atoms with van der Waals surface area (Å²) in [4.78, 5) is 21.5. The normalized spacial score (nSPS) is 10.4. The van der Waals surface area contributed by atoms with Gasteiger partial charge in [-0.05, 0) is 50.1 Å². The van der Waals surface area contributed by atoms with Gasteiger partial charge in [0.25, 0.3) is 5.91 Å². The maximum absolute atomic E-state index is 12.8. The zero-order valence-electron chi connectivity index (χ0n) is 17.2. The molecule has 0 fully saturated rings. The van der Waals surface area contributed by atoms with Crippen molar-refractivity contribution in [2.75, 3.05) is 24.9 Å². The number of methoxy groups -OCH3 is 2. The first kappa shape index (κ1) is 20.1. The topological polar surface area (TPSA) is 85.4 Å². The minimum absolute atomic E-state index is 0.281. The first-order valence-electron chi connectivity index (χ1n) is 9.13. The van der Waals surface area contributed by atoms with Crippen LogP contribution in [0.4, 0.5) is 17.3 Å². The summed E-state index contributed by atoms with van der Waals surface area (Å²) in [6.45, 7) is 5.73. The molecule has 3 rings (SSSR count). The van der Waals surface area contributed by atoms with Gasteiger partial charge < -0.3 is 20.1 Å². The van der Waals surface area contributed by atoms with E-state index in [1.807, 2.05) is 45.0 Å². The Morgan fingerprint density at radius 2 is 1.59 bits per heavy atom. The number of nitrogens with zero attached hydrogens (tertiary/aromatic N) is 2. The summed E-state index contributed by atoms with van der Waals surface area (Å²) >= 11 is 0. The standard InChI is InChI=1S/C22H24N4O3/c1-13-7-6-8-14(2)20(13)26-21(27)17-11-15(3)23-22(25-17)24-16-9-10-18(28-4)19(12-16)29-5/h6-12H,1-5H3,(H,26,27)(H,23,24,25). The molecule has 0 aliphatic rings. The number of amides is 1. The number of carbonyl (C=O) groups is 1. The van der Waals surface area contributed by atoms with Crippen LogP contribution in [-0.4, -0.2) is 30.1 Å². The predicted octanol–water partition coefficient (Wildman–Crippen LogP) is 4.41. The Hall–Kier alpha value is -3.61. The summed E-state index contributed by atoms with van der Waals surface area (Å²) in [5, 5.41) is 6.07. The molecule has 0 aliphatic carbocycles. The maximum atomic E-state index is 12.8. The van der Waals surface area contributed by atoms with Crippen molar-refractivity contribution < 1.29 is 14.3 Å². The fraction of sp³-hybridized carbons (Fsp3) is 0.227. The lowest BCUT2D eigenvalue weighted by Crippen LogP contribution is -2.17. The molecule has 0 bridgehead atoms. The average molecular weight is 392 g/mol. The molecule has 0 spiro atoms. The highest BCUT2D eigenvalue weighted by Gasteiger charge is 2.14. The van der Waals surface area contributed by atoms with Crippen molar-refractivity contribution in [2.45, 2.75) is 20.8 Å². The molecule has 1 aromatic heterocycles. The van der Waals surface area contributed by atoms with E-state index in [0.29, 0.717) is 28.8 Å². The van der Waals surface area contributed by atoms with Gasteiger partial charge >= 0.3 is 0 Å². The highest BCUT2D eigenvalue weighted by Crippen LogP contribution is 2.30.